The molecule has 1 saturated carbocycles. The van der Waals surface area contributed by atoms with E-state index in [0.717, 1.165) is 51.4 Å². The molecule has 0 radical (unpaired) electrons. The van der Waals surface area contributed by atoms with Crippen LogP contribution in [0.25, 0.3) is 11.1 Å². The molecule has 2 unspecified atom stereocenters. The van der Waals surface area contributed by atoms with Crippen molar-refractivity contribution in [3.63, 3.8) is 0 Å². The minimum absolute atomic E-state index is 0.0358. The van der Waals surface area contributed by atoms with Crippen LogP contribution < -0.4 is 4.74 Å². The van der Waals surface area contributed by atoms with Crippen molar-refractivity contribution in [1.29, 1.82) is 0 Å². The highest BCUT2D eigenvalue weighted by Gasteiger charge is 2.39. The highest BCUT2D eigenvalue weighted by atomic mass is 19.1. The largest absolute Gasteiger partial charge is 0.492 e. The summed E-state index contributed by atoms with van der Waals surface area (Å²) in [5.74, 6) is -3.92. The number of esters is 6. The summed E-state index contributed by atoms with van der Waals surface area (Å²) in [5, 5.41) is 0. The lowest BCUT2D eigenvalue weighted by Gasteiger charge is -2.32. The van der Waals surface area contributed by atoms with Gasteiger partial charge in [0.15, 0.2) is 12.2 Å². The first-order valence-electron chi connectivity index (χ1n) is 22.7. The monoisotopic (exact) mass is 940 g/mol. The van der Waals surface area contributed by atoms with Gasteiger partial charge < -0.3 is 42.6 Å². The van der Waals surface area contributed by atoms with Crippen LogP contribution >= 0.6 is 0 Å². The van der Waals surface area contributed by atoms with E-state index in [9.17, 15) is 28.8 Å². The van der Waals surface area contributed by atoms with E-state index < -0.39 is 92.7 Å². The topological polar surface area (TPSA) is 185 Å². The van der Waals surface area contributed by atoms with Gasteiger partial charge in [0.05, 0.1) is 33.7 Å². The molecule has 15 nitrogen and oxygen atoms in total. The molecule has 0 aliphatic heterocycles. The standard InChI is InChI=1S/C51H69FO15/c1-10-11-12-14-35-16-18-36(19-17-35)37-20-22-40(41(52)26-37)38-21-23-42(39(25-38)15-13-24-63-47(55)33(2)3)64-29-51(32-67-48(56)34(4)5,30-65-45(53)27-43(59-6)49(57)61-8)31-66-46(54)28-44(60-7)50(58)62-9/h20-23,25-26,35-36,43-44H,2,4,10-19,24,27-32H2,1,3,5-9H3. The highest BCUT2D eigenvalue weighted by Crippen LogP contribution is 2.39. The van der Waals surface area contributed by atoms with Crippen molar-refractivity contribution in [2.24, 2.45) is 11.3 Å². The van der Waals surface area contributed by atoms with Crippen molar-refractivity contribution in [2.45, 2.75) is 116 Å². The number of benzene rings is 2. The van der Waals surface area contributed by atoms with Crippen LogP contribution in [-0.4, -0.2) is 109 Å². The molecule has 2 aromatic carbocycles. The molecular weight excluding hydrogens is 872 g/mol. The summed E-state index contributed by atoms with van der Waals surface area (Å²) in [5.41, 5.74) is 1.14. The van der Waals surface area contributed by atoms with Crippen molar-refractivity contribution in [1.82, 2.24) is 0 Å². The Kier molecular flexibility index (Phi) is 23.7. The van der Waals surface area contributed by atoms with Gasteiger partial charge in [-0.2, -0.15) is 0 Å². The minimum Gasteiger partial charge on any atom is -0.492 e. The summed E-state index contributed by atoms with van der Waals surface area (Å²) in [6.45, 7) is 10.3. The molecule has 3 rings (SSSR count). The van der Waals surface area contributed by atoms with E-state index in [2.05, 4.69) is 20.1 Å². The van der Waals surface area contributed by atoms with Crippen LogP contribution in [0.5, 0.6) is 5.75 Å². The first kappa shape index (κ1) is 55.7. The molecule has 0 bridgehead atoms. The Hall–Kier alpha value is -5.61. The number of hydrogen-bond acceptors (Lipinski definition) is 15. The van der Waals surface area contributed by atoms with E-state index in [1.807, 2.05) is 6.07 Å². The second kappa shape index (κ2) is 28.5. The molecule has 0 N–H and O–H groups in total. The number of rotatable bonds is 29. The lowest BCUT2D eigenvalue weighted by atomic mass is 9.77. The van der Waals surface area contributed by atoms with Gasteiger partial charge in [0.25, 0.3) is 0 Å². The van der Waals surface area contributed by atoms with Crippen molar-refractivity contribution >= 4 is 35.8 Å². The van der Waals surface area contributed by atoms with Crippen LogP contribution in [0.4, 0.5) is 4.39 Å². The Labute approximate surface area is 393 Å². The molecule has 0 amide bonds. The van der Waals surface area contributed by atoms with Gasteiger partial charge in [0.1, 0.15) is 43.4 Å². The van der Waals surface area contributed by atoms with Crippen LogP contribution in [0.1, 0.15) is 108 Å². The number of carbonyl (C=O) groups is 6. The molecule has 0 aromatic heterocycles. The van der Waals surface area contributed by atoms with E-state index in [-0.39, 0.29) is 41.7 Å². The quantitative estimate of drug-likeness (QED) is 0.0329. The van der Waals surface area contributed by atoms with Gasteiger partial charge in [-0.3, -0.25) is 9.59 Å². The molecule has 2 aromatic rings. The van der Waals surface area contributed by atoms with Gasteiger partial charge in [-0.15, -0.1) is 0 Å². The zero-order chi connectivity index (χ0) is 49.5. The molecule has 0 saturated heterocycles. The Morgan fingerprint density at radius 2 is 1.27 bits per heavy atom. The van der Waals surface area contributed by atoms with Crippen LogP contribution in [0, 0.1) is 17.2 Å². The maximum Gasteiger partial charge on any atom is 0.335 e. The predicted molar refractivity (Wildman–Crippen MR) is 245 cm³/mol. The highest BCUT2D eigenvalue weighted by molar-refractivity contribution is 5.87. The van der Waals surface area contributed by atoms with Crippen molar-refractivity contribution < 1.29 is 75.8 Å². The van der Waals surface area contributed by atoms with E-state index in [1.165, 1.54) is 53.8 Å². The minimum atomic E-state index is -1.64. The molecule has 370 valence electrons. The maximum absolute atomic E-state index is 16.1. The van der Waals surface area contributed by atoms with Crippen molar-refractivity contribution in [3.8, 4) is 16.9 Å². The Bertz CT molecular complexity index is 1960. The summed E-state index contributed by atoms with van der Waals surface area (Å²) >= 11 is 0. The fourth-order valence-corrected chi connectivity index (χ4v) is 7.62. The Morgan fingerprint density at radius 1 is 0.701 bits per heavy atom. The summed E-state index contributed by atoms with van der Waals surface area (Å²) in [7, 11) is 4.68. The number of halogens is 1. The number of unbranched alkanes of at least 4 members (excludes halogenated alkanes) is 2. The third-order valence-electron chi connectivity index (χ3n) is 11.7. The summed E-state index contributed by atoms with van der Waals surface area (Å²) < 4.78 is 64.3. The lowest BCUT2D eigenvalue weighted by molar-refractivity contribution is -0.170. The number of hydrogen-bond donors (Lipinski definition) is 0. The Balaban J connectivity index is 2.01. The fraction of sp³-hybridized carbons (Fsp3) is 0.569. The molecule has 67 heavy (non-hydrogen) atoms. The van der Waals surface area contributed by atoms with E-state index in [1.54, 1.807) is 30.3 Å². The van der Waals surface area contributed by atoms with E-state index >= 15 is 4.39 Å². The molecule has 1 aliphatic rings. The average molecular weight is 941 g/mol. The third kappa shape index (κ3) is 18.2. The third-order valence-corrected chi connectivity index (χ3v) is 11.7. The molecule has 0 spiro atoms. The van der Waals surface area contributed by atoms with Gasteiger partial charge in [0, 0.05) is 30.9 Å². The molecule has 1 fully saturated rings. The van der Waals surface area contributed by atoms with Gasteiger partial charge in [-0.05, 0) is 99.1 Å². The van der Waals surface area contributed by atoms with Crippen LogP contribution in [-0.2, 0) is 73.1 Å². The fourth-order valence-electron chi connectivity index (χ4n) is 7.62. The molecule has 0 heterocycles. The number of carbonyl (C=O) groups excluding carboxylic acids is 6. The normalized spacial score (nSPS) is 16.3. The smallest absolute Gasteiger partial charge is 0.335 e. The van der Waals surface area contributed by atoms with Crippen LogP contribution in [0.2, 0.25) is 0 Å². The lowest BCUT2D eigenvalue weighted by Crippen LogP contribution is -2.45. The molecule has 1 aliphatic carbocycles. The zero-order valence-corrected chi connectivity index (χ0v) is 40.2. The average Bonchev–Trinajstić information content (AvgIpc) is 3.32. The second-order valence-corrected chi connectivity index (χ2v) is 17.2. The zero-order valence-electron chi connectivity index (χ0n) is 40.2. The molecule has 16 heteroatoms. The summed E-state index contributed by atoms with van der Waals surface area (Å²) in [6, 6.07) is 10.5. The van der Waals surface area contributed by atoms with Gasteiger partial charge in [-0.25, -0.2) is 23.6 Å². The van der Waals surface area contributed by atoms with Crippen LogP contribution in [0.15, 0.2) is 60.7 Å². The second-order valence-electron chi connectivity index (χ2n) is 17.2. The molecular formula is C51H69FO15. The Morgan fingerprint density at radius 3 is 1.79 bits per heavy atom. The first-order valence-corrected chi connectivity index (χ1v) is 22.7. The number of ether oxygens (including phenoxy) is 9. The number of methoxy groups -OCH3 is 4. The van der Waals surface area contributed by atoms with E-state index in [4.69, 9.17) is 42.6 Å². The van der Waals surface area contributed by atoms with Gasteiger partial charge in [0.2, 0.25) is 0 Å². The number of aryl methyl sites for hydroxylation is 1. The van der Waals surface area contributed by atoms with Gasteiger partial charge >= 0.3 is 35.8 Å². The molecule has 2 atom stereocenters. The SMILES string of the molecule is C=C(C)C(=O)OCCCc1cc(-c2ccc(C3CCC(CCCCC)CC3)cc2F)ccc1OCC(COC(=O)CC(OC)C(=O)OC)(COC(=O)CC(OC)C(=O)OC)COC(=O)C(=C)C. The summed E-state index contributed by atoms with van der Waals surface area (Å²) in [6.07, 6.45) is 6.18. The first-order chi connectivity index (χ1) is 32.0. The van der Waals surface area contributed by atoms with E-state index in [0.29, 0.717) is 23.1 Å². The summed E-state index contributed by atoms with van der Waals surface area (Å²) in [4.78, 5) is 75.7. The van der Waals surface area contributed by atoms with Crippen LogP contribution in [0.3, 0.4) is 0 Å². The van der Waals surface area contributed by atoms with Crippen molar-refractivity contribution in [2.75, 3.05) is 61.5 Å². The van der Waals surface area contributed by atoms with Gasteiger partial charge in [-0.1, -0.05) is 64.0 Å². The predicted octanol–water partition coefficient (Wildman–Crippen LogP) is 8.13. The maximum atomic E-state index is 16.1. The van der Waals surface area contributed by atoms with Crippen molar-refractivity contribution in [3.05, 3.63) is 77.6 Å².